The summed E-state index contributed by atoms with van der Waals surface area (Å²) in [6.45, 7) is 2.48. The number of rotatable bonds is 5. The minimum Gasteiger partial charge on any atom is -0.463 e. The summed E-state index contributed by atoms with van der Waals surface area (Å²) in [5.41, 5.74) is 6.19. The summed E-state index contributed by atoms with van der Waals surface area (Å²) < 4.78 is 5.33. The Hall–Kier alpha value is -1.79. The molecule has 0 aliphatic rings. The Balaban J connectivity index is 2.24. The number of aromatic nitrogens is 3. The number of nitrogens with zero attached hydrogens (tertiary/aromatic N) is 3. The highest BCUT2D eigenvalue weighted by Crippen LogP contribution is 2.27. The maximum absolute atomic E-state index is 6.05. The van der Waals surface area contributed by atoms with Crippen molar-refractivity contribution in [1.29, 1.82) is 0 Å². The molecule has 0 amide bonds. The Morgan fingerprint density at radius 1 is 1.25 bits per heavy atom. The first-order valence-corrected chi connectivity index (χ1v) is 6.70. The van der Waals surface area contributed by atoms with E-state index in [9.17, 15) is 0 Å². The maximum atomic E-state index is 6.05. The van der Waals surface area contributed by atoms with Gasteiger partial charge in [-0.3, -0.25) is 0 Å². The van der Waals surface area contributed by atoms with Crippen LogP contribution in [0, 0.1) is 0 Å². The first-order valence-electron chi connectivity index (χ1n) is 5.95. The molecule has 0 spiro atoms. The van der Waals surface area contributed by atoms with Crippen molar-refractivity contribution >= 4 is 40.8 Å². The number of hydrogen-bond donors (Lipinski definition) is 2. The summed E-state index contributed by atoms with van der Waals surface area (Å²) in [5, 5.41) is 3.97. The van der Waals surface area contributed by atoms with Crippen LogP contribution in [-0.2, 0) is 0 Å². The van der Waals surface area contributed by atoms with Gasteiger partial charge < -0.3 is 15.8 Å². The quantitative estimate of drug-likeness (QED) is 0.880. The SMILES string of the molecule is CCCOc1nc(N)nc(Nc2cc(Cl)ccc2Cl)n1. The highest BCUT2D eigenvalue weighted by atomic mass is 35.5. The van der Waals surface area contributed by atoms with E-state index in [2.05, 4.69) is 20.3 Å². The van der Waals surface area contributed by atoms with Gasteiger partial charge >= 0.3 is 6.01 Å². The van der Waals surface area contributed by atoms with Crippen molar-refractivity contribution < 1.29 is 4.74 Å². The molecule has 8 heteroatoms. The standard InChI is InChI=1S/C12H13Cl2N5O/c1-2-5-20-12-18-10(15)17-11(19-12)16-9-6-7(13)3-4-8(9)14/h3-4,6H,2,5H2,1H3,(H3,15,16,17,18,19). The largest absolute Gasteiger partial charge is 0.463 e. The van der Waals surface area contributed by atoms with Crippen LogP contribution in [0.5, 0.6) is 6.01 Å². The van der Waals surface area contributed by atoms with Crippen LogP contribution < -0.4 is 15.8 Å². The van der Waals surface area contributed by atoms with Crippen LogP contribution in [0.1, 0.15) is 13.3 Å². The predicted molar refractivity (Wildman–Crippen MR) is 79.8 cm³/mol. The maximum Gasteiger partial charge on any atom is 0.323 e. The van der Waals surface area contributed by atoms with Crippen LogP contribution in [0.25, 0.3) is 0 Å². The molecule has 0 saturated carbocycles. The zero-order valence-corrected chi connectivity index (χ0v) is 12.2. The van der Waals surface area contributed by atoms with Crippen molar-refractivity contribution in [3.05, 3.63) is 28.2 Å². The fraction of sp³-hybridized carbons (Fsp3) is 0.250. The molecule has 0 aliphatic carbocycles. The molecular formula is C12H13Cl2N5O. The second-order valence-corrected chi connectivity index (χ2v) is 4.74. The highest BCUT2D eigenvalue weighted by molar-refractivity contribution is 6.35. The van der Waals surface area contributed by atoms with E-state index in [1.807, 2.05) is 6.92 Å². The highest BCUT2D eigenvalue weighted by Gasteiger charge is 2.08. The van der Waals surface area contributed by atoms with Crippen molar-refractivity contribution in [2.75, 3.05) is 17.7 Å². The average molecular weight is 314 g/mol. The van der Waals surface area contributed by atoms with Crippen LogP contribution in [-0.4, -0.2) is 21.6 Å². The molecule has 0 atom stereocenters. The van der Waals surface area contributed by atoms with Crippen LogP contribution in [0.15, 0.2) is 18.2 Å². The normalized spacial score (nSPS) is 10.3. The summed E-state index contributed by atoms with van der Waals surface area (Å²) in [6.07, 6.45) is 0.842. The van der Waals surface area contributed by atoms with Crippen molar-refractivity contribution in [3.63, 3.8) is 0 Å². The lowest BCUT2D eigenvalue weighted by Crippen LogP contribution is -2.07. The molecule has 1 aromatic carbocycles. The van der Waals surface area contributed by atoms with Crippen molar-refractivity contribution in [2.24, 2.45) is 0 Å². The number of anilines is 3. The molecule has 0 radical (unpaired) electrons. The fourth-order valence-electron chi connectivity index (χ4n) is 1.40. The molecule has 0 saturated heterocycles. The van der Waals surface area contributed by atoms with Crippen molar-refractivity contribution in [3.8, 4) is 6.01 Å². The van der Waals surface area contributed by atoms with Crippen molar-refractivity contribution in [2.45, 2.75) is 13.3 Å². The summed E-state index contributed by atoms with van der Waals surface area (Å²) in [4.78, 5) is 12.0. The van der Waals surface area contributed by atoms with Gasteiger partial charge in [0, 0.05) is 5.02 Å². The van der Waals surface area contributed by atoms with Crippen LogP contribution in [0.2, 0.25) is 10.0 Å². The zero-order chi connectivity index (χ0) is 14.5. The van der Waals surface area contributed by atoms with E-state index < -0.39 is 0 Å². The number of benzene rings is 1. The summed E-state index contributed by atoms with van der Waals surface area (Å²) in [5.74, 6) is 0.305. The van der Waals surface area contributed by atoms with E-state index >= 15 is 0 Å². The Morgan fingerprint density at radius 2 is 2.05 bits per heavy atom. The number of halogens is 2. The van der Waals surface area contributed by atoms with Gasteiger partial charge in [-0.2, -0.15) is 15.0 Å². The Labute approximate surface area is 126 Å². The lowest BCUT2D eigenvalue weighted by molar-refractivity contribution is 0.292. The third-order valence-corrected chi connectivity index (χ3v) is 2.81. The summed E-state index contributed by atoms with van der Waals surface area (Å²) in [7, 11) is 0. The summed E-state index contributed by atoms with van der Waals surface area (Å²) >= 11 is 12.0. The van der Waals surface area contributed by atoms with Gasteiger partial charge in [-0.1, -0.05) is 30.1 Å². The fourth-order valence-corrected chi connectivity index (χ4v) is 1.74. The van der Waals surface area contributed by atoms with Gasteiger partial charge in [0.1, 0.15) is 0 Å². The topological polar surface area (TPSA) is 86.0 Å². The molecule has 0 unspecified atom stereocenters. The number of nitrogens with two attached hydrogens (primary N) is 1. The monoisotopic (exact) mass is 313 g/mol. The lowest BCUT2D eigenvalue weighted by atomic mass is 10.3. The molecule has 6 nitrogen and oxygen atoms in total. The minimum absolute atomic E-state index is 0.0618. The molecule has 2 rings (SSSR count). The van der Waals surface area contributed by atoms with Crippen LogP contribution >= 0.6 is 23.2 Å². The first kappa shape index (κ1) is 14.6. The van der Waals surface area contributed by atoms with Gasteiger partial charge in [0.2, 0.25) is 11.9 Å². The molecule has 0 fully saturated rings. The number of ether oxygens (including phenoxy) is 1. The number of nitrogen functional groups attached to an aromatic ring is 1. The Morgan fingerprint density at radius 3 is 2.80 bits per heavy atom. The second kappa shape index (κ2) is 6.58. The van der Waals surface area contributed by atoms with E-state index in [0.29, 0.717) is 22.3 Å². The first-order chi connectivity index (χ1) is 9.58. The third-order valence-electron chi connectivity index (χ3n) is 2.24. The van der Waals surface area contributed by atoms with E-state index in [-0.39, 0.29) is 17.9 Å². The van der Waals surface area contributed by atoms with Crippen LogP contribution in [0.4, 0.5) is 17.6 Å². The van der Waals surface area contributed by atoms with Gasteiger partial charge in [-0.05, 0) is 24.6 Å². The summed E-state index contributed by atoms with van der Waals surface area (Å²) in [6, 6.07) is 5.19. The lowest BCUT2D eigenvalue weighted by Gasteiger charge is -2.09. The van der Waals surface area contributed by atoms with Gasteiger partial charge in [0.25, 0.3) is 0 Å². The Bertz CT molecular complexity index is 608. The van der Waals surface area contributed by atoms with Gasteiger partial charge in [-0.15, -0.1) is 0 Å². The van der Waals surface area contributed by atoms with E-state index in [4.69, 9.17) is 33.7 Å². The molecule has 2 aromatic rings. The number of hydrogen-bond acceptors (Lipinski definition) is 6. The van der Waals surface area contributed by atoms with Gasteiger partial charge in [-0.25, -0.2) is 0 Å². The molecule has 1 aromatic heterocycles. The average Bonchev–Trinajstić information content (AvgIpc) is 2.40. The molecule has 0 bridgehead atoms. The molecule has 20 heavy (non-hydrogen) atoms. The predicted octanol–water partition coefficient (Wildman–Crippen LogP) is 3.29. The zero-order valence-electron chi connectivity index (χ0n) is 10.7. The minimum atomic E-state index is 0.0618. The van der Waals surface area contributed by atoms with Gasteiger partial charge in [0.15, 0.2) is 0 Å². The smallest absolute Gasteiger partial charge is 0.323 e. The number of nitrogens with one attached hydrogen (secondary N) is 1. The second-order valence-electron chi connectivity index (χ2n) is 3.90. The van der Waals surface area contributed by atoms with E-state index in [1.54, 1.807) is 18.2 Å². The molecule has 0 aliphatic heterocycles. The van der Waals surface area contributed by atoms with Crippen LogP contribution in [0.3, 0.4) is 0 Å². The Kier molecular flexibility index (Phi) is 4.81. The molecule has 1 heterocycles. The molecule has 3 N–H and O–H groups in total. The molecule has 106 valence electrons. The third kappa shape index (κ3) is 3.85. The van der Waals surface area contributed by atoms with E-state index in [1.165, 1.54) is 0 Å². The van der Waals surface area contributed by atoms with Gasteiger partial charge in [0.05, 0.1) is 17.3 Å². The van der Waals surface area contributed by atoms with E-state index in [0.717, 1.165) is 6.42 Å². The van der Waals surface area contributed by atoms with Crippen molar-refractivity contribution in [1.82, 2.24) is 15.0 Å². The molecular weight excluding hydrogens is 301 g/mol.